The molecule has 1 aliphatic rings. The first-order valence-corrected chi connectivity index (χ1v) is 10.6. The topological polar surface area (TPSA) is 95.5 Å². The molecule has 6 nitrogen and oxygen atoms in total. The Kier molecular flexibility index (Phi) is 7.23. The summed E-state index contributed by atoms with van der Waals surface area (Å²) in [6, 6.07) is 3.98. The van der Waals surface area contributed by atoms with Gasteiger partial charge in [-0.05, 0) is 63.6 Å². The fraction of sp³-hybridized carbons (Fsp3) is 0.526. The number of sulfonamides is 1. The summed E-state index contributed by atoms with van der Waals surface area (Å²) in [5, 5.41) is 12.6. The first-order chi connectivity index (χ1) is 12.3. The van der Waals surface area contributed by atoms with Crippen LogP contribution < -0.4 is 10.0 Å². The van der Waals surface area contributed by atoms with Gasteiger partial charge in [0, 0.05) is 18.3 Å². The van der Waals surface area contributed by atoms with E-state index < -0.39 is 16.0 Å². The van der Waals surface area contributed by atoms with E-state index in [1.807, 2.05) is 6.92 Å². The molecule has 2 rings (SSSR count). The van der Waals surface area contributed by atoms with E-state index in [0.29, 0.717) is 18.7 Å². The number of benzene rings is 1. The number of nitrogens with one attached hydrogen (secondary N) is 2. The fourth-order valence-electron chi connectivity index (χ4n) is 2.93. The molecule has 0 amide bonds. The highest BCUT2D eigenvalue weighted by Gasteiger charge is 2.20. The number of carbonyl (C=O) groups is 1. The van der Waals surface area contributed by atoms with Crippen LogP contribution in [0.2, 0.25) is 0 Å². The number of anilines is 1. The van der Waals surface area contributed by atoms with Gasteiger partial charge in [0.1, 0.15) is 0 Å². The van der Waals surface area contributed by atoms with Crippen molar-refractivity contribution in [2.45, 2.75) is 63.3 Å². The van der Waals surface area contributed by atoms with Gasteiger partial charge in [0.25, 0.3) is 0 Å². The summed E-state index contributed by atoms with van der Waals surface area (Å²) < 4.78 is 27.3. The van der Waals surface area contributed by atoms with Crippen LogP contribution in [0, 0.1) is 0 Å². The van der Waals surface area contributed by atoms with Gasteiger partial charge in [-0.3, -0.25) is 0 Å². The van der Waals surface area contributed by atoms with Crippen molar-refractivity contribution in [2.24, 2.45) is 0 Å². The van der Waals surface area contributed by atoms with E-state index in [1.165, 1.54) is 36.6 Å². The zero-order valence-electron chi connectivity index (χ0n) is 15.4. The average Bonchev–Trinajstić information content (AvgIpc) is 2.62. The summed E-state index contributed by atoms with van der Waals surface area (Å²) in [5.74, 6) is -1.15. The van der Waals surface area contributed by atoms with Crippen molar-refractivity contribution in [1.29, 1.82) is 0 Å². The first kappa shape index (κ1) is 20.5. The monoisotopic (exact) mass is 380 g/mol. The average molecular weight is 381 g/mol. The van der Waals surface area contributed by atoms with E-state index in [-0.39, 0.29) is 16.5 Å². The van der Waals surface area contributed by atoms with Gasteiger partial charge in [0.2, 0.25) is 10.0 Å². The van der Waals surface area contributed by atoms with Gasteiger partial charge in [0.15, 0.2) is 0 Å². The van der Waals surface area contributed by atoms with Crippen molar-refractivity contribution >= 4 is 21.7 Å². The maximum Gasteiger partial charge on any atom is 0.337 e. The molecule has 7 heteroatoms. The predicted octanol–water partition coefficient (Wildman–Crippen LogP) is 3.76. The Hall–Kier alpha value is -1.86. The molecule has 0 aromatic heterocycles. The summed E-state index contributed by atoms with van der Waals surface area (Å²) in [4.78, 5) is 11.5. The molecule has 0 saturated heterocycles. The molecular formula is C19H28N2O4S. The highest BCUT2D eigenvalue weighted by atomic mass is 32.2. The van der Waals surface area contributed by atoms with Crippen LogP contribution in [0.3, 0.4) is 0 Å². The minimum absolute atomic E-state index is 0.0317. The molecule has 1 atom stereocenters. The minimum Gasteiger partial charge on any atom is -0.478 e. The third kappa shape index (κ3) is 5.57. The molecule has 0 bridgehead atoms. The zero-order chi connectivity index (χ0) is 19.2. The Morgan fingerprint density at radius 1 is 1.31 bits per heavy atom. The number of allylic oxidation sites excluding steroid dienone is 1. The summed E-state index contributed by atoms with van der Waals surface area (Å²) in [6.45, 7) is 4.28. The lowest BCUT2D eigenvalue weighted by Crippen LogP contribution is -2.32. The zero-order valence-corrected chi connectivity index (χ0v) is 16.2. The molecule has 0 heterocycles. The van der Waals surface area contributed by atoms with Crippen molar-refractivity contribution in [3.63, 3.8) is 0 Å². The van der Waals surface area contributed by atoms with Crippen molar-refractivity contribution < 1.29 is 18.3 Å². The van der Waals surface area contributed by atoms with Gasteiger partial charge in [-0.15, -0.1) is 0 Å². The lowest BCUT2D eigenvalue weighted by Gasteiger charge is -2.16. The molecule has 1 aromatic rings. The lowest BCUT2D eigenvalue weighted by atomic mass is 9.97. The molecule has 0 aliphatic heterocycles. The third-order valence-electron chi connectivity index (χ3n) is 4.65. The molecule has 26 heavy (non-hydrogen) atoms. The van der Waals surface area contributed by atoms with Gasteiger partial charge >= 0.3 is 5.97 Å². The molecule has 0 fully saturated rings. The van der Waals surface area contributed by atoms with E-state index in [1.54, 1.807) is 6.92 Å². The Balaban J connectivity index is 2.12. The van der Waals surface area contributed by atoms with E-state index in [4.69, 9.17) is 0 Å². The van der Waals surface area contributed by atoms with Crippen LogP contribution in [-0.4, -0.2) is 32.1 Å². The summed E-state index contributed by atoms with van der Waals surface area (Å²) in [7, 11) is -3.73. The SMILES string of the molecule is CCC(C)NS(=O)(=O)c1ccc(NCCC2=CCCCC2)c(C(=O)O)c1. The van der Waals surface area contributed by atoms with Gasteiger partial charge < -0.3 is 10.4 Å². The quantitative estimate of drug-likeness (QED) is 0.567. The maximum absolute atomic E-state index is 12.4. The number of aromatic carboxylic acids is 1. The highest BCUT2D eigenvalue weighted by molar-refractivity contribution is 7.89. The fourth-order valence-corrected chi connectivity index (χ4v) is 4.28. The van der Waals surface area contributed by atoms with Crippen molar-refractivity contribution in [3.05, 3.63) is 35.4 Å². The Labute approximate surface area is 155 Å². The van der Waals surface area contributed by atoms with Gasteiger partial charge in [0.05, 0.1) is 10.5 Å². The molecular weight excluding hydrogens is 352 g/mol. The van der Waals surface area contributed by atoms with Gasteiger partial charge in [-0.2, -0.15) is 0 Å². The molecule has 0 spiro atoms. The van der Waals surface area contributed by atoms with Crippen molar-refractivity contribution in [3.8, 4) is 0 Å². The van der Waals surface area contributed by atoms with E-state index in [9.17, 15) is 18.3 Å². The van der Waals surface area contributed by atoms with Crippen molar-refractivity contribution in [2.75, 3.05) is 11.9 Å². The van der Waals surface area contributed by atoms with Crippen LogP contribution in [0.4, 0.5) is 5.69 Å². The minimum atomic E-state index is -3.73. The second-order valence-corrected chi connectivity index (χ2v) is 8.44. The standard InChI is InChI=1S/C19H28N2O4S/c1-3-14(2)21-26(24,25)16-9-10-18(17(13-16)19(22)23)20-12-11-15-7-5-4-6-8-15/h7,9-10,13-14,20-21H,3-6,8,11-12H2,1-2H3,(H,22,23). The third-order valence-corrected chi connectivity index (χ3v) is 6.23. The van der Waals surface area contributed by atoms with Crippen LogP contribution >= 0.6 is 0 Å². The molecule has 3 N–H and O–H groups in total. The highest BCUT2D eigenvalue weighted by Crippen LogP contribution is 2.23. The summed E-state index contributed by atoms with van der Waals surface area (Å²) in [6.07, 6.45) is 8.45. The van der Waals surface area contributed by atoms with E-state index in [2.05, 4.69) is 16.1 Å². The lowest BCUT2D eigenvalue weighted by molar-refractivity contribution is 0.0697. The Bertz CT molecular complexity index is 772. The number of carboxylic acid groups (broad SMARTS) is 1. The smallest absolute Gasteiger partial charge is 0.337 e. The van der Waals surface area contributed by atoms with Crippen LogP contribution in [0.5, 0.6) is 0 Å². The van der Waals surface area contributed by atoms with Crippen LogP contribution in [0.25, 0.3) is 0 Å². The number of hydrogen-bond acceptors (Lipinski definition) is 4. The summed E-state index contributed by atoms with van der Waals surface area (Å²) in [5.41, 5.74) is 1.81. The van der Waals surface area contributed by atoms with Gasteiger partial charge in [-0.25, -0.2) is 17.9 Å². The number of hydrogen-bond donors (Lipinski definition) is 3. The number of rotatable bonds is 9. The second-order valence-electron chi connectivity index (χ2n) is 6.73. The number of carboxylic acids is 1. The van der Waals surface area contributed by atoms with E-state index in [0.717, 1.165) is 19.3 Å². The Morgan fingerprint density at radius 2 is 2.08 bits per heavy atom. The second kappa shape index (κ2) is 9.19. The molecule has 0 radical (unpaired) electrons. The first-order valence-electron chi connectivity index (χ1n) is 9.15. The molecule has 1 unspecified atom stereocenters. The molecule has 144 valence electrons. The largest absolute Gasteiger partial charge is 0.478 e. The predicted molar refractivity (Wildman–Crippen MR) is 103 cm³/mol. The molecule has 1 aromatic carbocycles. The molecule has 0 saturated carbocycles. The normalized spacial score (nSPS) is 16.0. The van der Waals surface area contributed by atoms with Gasteiger partial charge in [-0.1, -0.05) is 18.6 Å². The van der Waals surface area contributed by atoms with E-state index >= 15 is 0 Å². The maximum atomic E-state index is 12.4. The summed E-state index contributed by atoms with van der Waals surface area (Å²) >= 11 is 0. The van der Waals surface area contributed by atoms with Crippen molar-refractivity contribution in [1.82, 2.24) is 4.72 Å². The Morgan fingerprint density at radius 3 is 2.69 bits per heavy atom. The van der Waals surface area contributed by atoms with Crippen LogP contribution in [-0.2, 0) is 10.0 Å². The van der Waals surface area contributed by atoms with Crippen LogP contribution in [0.1, 0.15) is 62.7 Å². The molecule has 1 aliphatic carbocycles. The van der Waals surface area contributed by atoms with Crippen LogP contribution in [0.15, 0.2) is 34.7 Å².